The fraction of sp³-hybridized carbons (Fsp3) is 0.304. The molecular weight excluding hydrogens is 398 g/mol. The fourth-order valence-electron chi connectivity index (χ4n) is 3.42. The lowest BCUT2D eigenvalue weighted by atomic mass is 10.1. The first-order valence-corrected chi connectivity index (χ1v) is 10.1. The lowest BCUT2D eigenvalue weighted by Gasteiger charge is -2.16. The van der Waals surface area contributed by atoms with Crippen molar-refractivity contribution >= 4 is 17.6 Å². The number of anilines is 1. The highest BCUT2D eigenvalue weighted by molar-refractivity contribution is 5.95. The summed E-state index contributed by atoms with van der Waals surface area (Å²) in [6.45, 7) is 2.42. The number of hydrogen-bond donors (Lipinski definition) is 0. The summed E-state index contributed by atoms with van der Waals surface area (Å²) in [6.07, 6.45) is 0.897. The lowest BCUT2D eigenvalue weighted by Crippen LogP contribution is -2.23. The quantitative estimate of drug-likeness (QED) is 0.537. The van der Waals surface area contributed by atoms with Gasteiger partial charge in [0.1, 0.15) is 5.75 Å². The molecule has 160 valence electrons. The van der Waals surface area contributed by atoms with E-state index in [0.717, 1.165) is 35.5 Å². The average Bonchev–Trinajstić information content (AvgIpc) is 3.44. The van der Waals surface area contributed by atoms with Gasteiger partial charge in [0.25, 0.3) is 5.89 Å². The maximum absolute atomic E-state index is 12.3. The van der Waals surface area contributed by atoms with Crippen LogP contribution in [-0.2, 0) is 20.7 Å². The minimum atomic E-state index is -0.673. The van der Waals surface area contributed by atoms with Gasteiger partial charge in [-0.3, -0.25) is 9.59 Å². The van der Waals surface area contributed by atoms with Crippen LogP contribution in [0.15, 0.2) is 52.9 Å². The molecule has 2 heterocycles. The number of esters is 1. The Morgan fingerprint density at radius 1 is 1.13 bits per heavy atom. The zero-order valence-corrected chi connectivity index (χ0v) is 17.4. The molecule has 0 saturated carbocycles. The Balaban J connectivity index is 1.34. The summed E-state index contributed by atoms with van der Waals surface area (Å²) < 4.78 is 16.3. The van der Waals surface area contributed by atoms with Crippen molar-refractivity contribution in [3.05, 3.63) is 60.0 Å². The summed E-state index contributed by atoms with van der Waals surface area (Å²) in [7, 11) is 1.60. The summed E-state index contributed by atoms with van der Waals surface area (Å²) in [5.74, 6) is 1.02. The van der Waals surface area contributed by atoms with Crippen LogP contribution < -0.4 is 9.64 Å². The Labute approximate surface area is 179 Å². The Bertz CT molecular complexity index is 1060. The first kappa shape index (κ1) is 20.6. The van der Waals surface area contributed by atoms with Gasteiger partial charge in [0.15, 0.2) is 6.10 Å². The number of nitrogens with zero attached hydrogens (tertiary/aromatic N) is 3. The van der Waals surface area contributed by atoms with Crippen LogP contribution in [0.2, 0.25) is 0 Å². The van der Waals surface area contributed by atoms with E-state index < -0.39 is 12.1 Å². The molecule has 0 bridgehead atoms. The van der Waals surface area contributed by atoms with Crippen LogP contribution in [-0.4, -0.2) is 35.7 Å². The van der Waals surface area contributed by atoms with Crippen LogP contribution in [0.25, 0.3) is 11.5 Å². The van der Waals surface area contributed by atoms with Crippen LogP contribution in [0.4, 0.5) is 5.69 Å². The molecule has 0 unspecified atom stereocenters. The number of benzene rings is 2. The first-order chi connectivity index (χ1) is 15.0. The molecule has 0 aliphatic carbocycles. The molecule has 1 saturated heterocycles. The van der Waals surface area contributed by atoms with E-state index in [2.05, 4.69) is 10.2 Å². The Kier molecular flexibility index (Phi) is 5.97. The lowest BCUT2D eigenvalue weighted by molar-refractivity contribution is -0.148. The van der Waals surface area contributed by atoms with Crippen molar-refractivity contribution in [2.75, 3.05) is 18.6 Å². The summed E-state index contributed by atoms with van der Waals surface area (Å²) in [4.78, 5) is 26.0. The SMILES string of the molecule is COc1ccc(-c2nnc([C@H](C)OC(=O)Cc3ccc(N4CCCC4=O)cc3)o2)cc1. The van der Waals surface area contributed by atoms with Crippen molar-refractivity contribution in [3.8, 4) is 17.2 Å². The van der Waals surface area contributed by atoms with E-state index in [0.29, 0.717) is 12.3 Å². The van der Waals surface area contributed by atoms with E-state index in [9.17, 15) is 9.59 Å². The monoisotopic (exact) mass is 421 g/mol. The molecule has 0 spiro atoms. The molecule has 1 aliphatic heterocycles. The van der Waals surface area contributed by atoms with E-state index in [1.165, 1.54) is 0 Å². The number of carbonyl (C=O) groups excluding carboxylic acids is 2. The van der Waals surface area contributed by atoms with Gasteiger partial charge in [-0.2, -0.15) is 0 Å². The van der Waals surface area contributed by atoms with Gasteiger partial charge in [0, 0.05) is 24.2 Å². The van der Waals surface area contributed by atoms with Gasteiger partial charge in [-0.1, -0.05) is 12.1 Å². The molecule has 0 radical (unpaired) electrons. The molecule has 2 aromatic carbocycles. The largest absolute Gasteiger partial charge is 0.497 e. The molecule has 0 N–H and O–H groups in total. The minimum Gasteiger partial charge on any atom is -0.497 e. The molecule has 1 fully saturated rings. The molecule has 1 atom stereocenters. The third-order valence-corrected chi connectivity index (χ3v) is 5.10. The van der Waals surface area contributed by atoms with E-state index in [4.69, 9.17) is 13.9 Å². The first-order valence-electron chi connectivity index (χ1n) is 10.1. The molecule has 1 amide bonds. The predicted molar refractivity (Wildman–Crippen MR) is 113 cm³/mol. The summed E-state index contributed by atoms with van der Waals surface area (Å²) >= 11 is 0. The number of rotatable bonds is 7. The van der Waals surface area contributed by atoms with Gasteiger partial charge in [-0.15, -0.1) is 10.2 Å². The van der Waals surface area contributed by atoms with Crippen molar-refractivity contribution in [1.29, 1.82) is 0 Å². The topological polar surface area (TPSA) is 94.8 Å². The Hall–Kier alpha value is -3.68. The summed E-state index contributed by atoms with van der Waals surface area (Å²) in [5, 5.41) is 8.02. The van der Waals surface area contributed by atoms with Crippen LogP contribution in [0.1, 0.15) is 37.3 Å². The zero-order valence-electron chi connectivity index (χ0n) is 17.4. The molecule has 8 nitrogen and oxygen atoms in total. The maximum atomic E-state index is 12.3. The maximum Gasteiger partial charge on any atom is 0.311 e. The van der Waals surface area contributed by atoms with E-state index in [1.807, 2.05) is 36.4 Å². The van der Waals surface area contributed by atoms with Crippen molar-refractivity contribution < 1.29 is 23.5 Å². The van der Waals surface area contributed by atoms with Gasteiger partial charge in [-0.25, -0.2) is 0 Å². The van der Waals surface area contributed by atoms with Gasteiger partial charge in [0.2, 0.25) is 11.8 Å². The van der Waals surface area contributed by atoms with Gasteiger partial charge < -0.3 is 18.8 Å². The van der Waals surface area contributed by atoms with Crippen molar-refractivity contribution in [2.45, 2.75) is 32.3 Å². The summed E-state index contributed by atoms with van der Waals surface area (Å²) in [5.41, 5.74) is 2.40. The summed E-state index contributed by atoms with van der Waals surface area (Å²) in [6, 6.07) is 14.6. The molecule has 31 heavy (non-hydrogen) atoms. The molecule has 1 aliphatic rings. The zero-order chi connectivity index (χ0) is 21.8. The third-order valence-electron chi connectivity index (χ3n) is 5.10. The predicted octanol–water partition coefficient (Wildman–Crippen LogP) is 3.72. The number of hydrogen-bond acceptors (Lipinski definition) is 7. The molecule has 8 heteroatoms. The second-order valence-electron chi connectivity index (χ2n) is 7.30. The van der Waals surface area contributed by atoms with Gasteiger partial charge >= 0.3 is 5.97 Å². The minimum absolute atomic E-state index is 0.109. The second kappa shape index (κ2) is 8.99. The van der Waals surface area contributed by atoms with Crippen LogP contribution >= 0.6 is 0 Å². The third kappa shape index (κ3) is 4.74. The van der Waals surface area contributed by atoms with E-state index in [-0.39, 0.29) is 18.2 Å². The number of carbonyl (C=O) groups is 2. The Morgan fingerprint density at radius 3 is 2.52 bits per heavy atom. The smallest absolute Gasteiger partial charge is 0.311 e. The van der Waals surface area contributed by atoms with Crippen molar-refractivity contribution in [1.82, 2.24) is 10.2 Å². The highest BCUT2D eigenvalue weighted by Crippen LogP contribution is 2.25. The van der Waals surface area contributed by atoms with Crippen LogP contribution in [0.5, 0.6) is 5.75 Å². The molecular formula is C23H23N3O5. The van der Waals surface area contributed by atoms with Crippen molar-refractivity contribution in [2.24, 2.45) is 0 Å². The molecule has 3 aromatic rings. The van der Waals surface area contributed by atoms with Crippen molar-refractivity contribution in [3.63, 3.8) is 0 Å². The van der Waals surface area contributed by atoms with E-state index in [1.54, 1.807) is 31.1 Å². The average molecular weight is 421 g/mol. The van der Waals surface area contributed by atoms with Crippen LogP contribution in [0.3, 0.4) is 0 Å². The van der Waals surface area contributed by atoms with Gasteiger partial charge in [0.05, 0.1) is 13.5 Å². The molecule has 4 rings (SSSR count). The molecule has 1 aromatic heterocycles. The number of ether oxygens (including phenoxy) is 2. The van der Waals surface area contributed by atoms with Crippen LogP contribution in [0, 0.1) is 0 Å². The standard InChI is InChI=1S/C23H23N3O5/c1-15(22-24-25-23(31-22)17-7-11-19(29-2)12-8-17)30-21(28)14-16-5-9-18(10-6-16)26-13-3-4-20(26)27/h5-12,15H,3-4,13-14H2,1-2H3/t15-/m0/s1. The van der Waals surface area contributed by atoms with E-state index >= 15 is 0 Å². The Morgan fingerprint density at radius 2 is 1.87 bits per heavy atom. The van der Waals surface area contributed by atoms with Gasteiger partial charge in [-0.05, 0) is 55.3 Å². The highest BCUT2D eigenvalue weighted by Gasteiger charge is 2.22. The highest BCUT2D eigenvalue weighted by atomic mass is 16.6. The number of amides is 1. The number of aromatic nitrogens is 2. The fourth-order valence-corrected chi connectivity index (χ4v) is 3.42. The normalized spacial score (nSPS) is 14.5. The second-order valence-corrected chi connectivity index (χ2v) is 7.30. The number of methoxy groups -OCH3 is 1.